The number of nitrogens with zero attached hydrogens (tertiary/aromatic N) is 1. The van der Waals surface area contributed by atoms with Crippen molar-refractivity contribution < 1.29 is 29.0 Å². The number of methoxy groups -OCH3 is 1. The maximum Gasteiger partial charge on any atom is 0.411 e. The molecular formula is C21H33NO6. The van der Waals surface area contributed by atoms with Crippen LogP contribution in [0.5, 0.6) is 0 Å². The number of amides is 1. The Hall–Kier alpha value is -2.31. The van der Waals surface area contributed by atoms with Crippen molar-refractivity contribution in [2.75, 3.05) is 13.7 Å². The van der Waals surface area contributed by atoms with Crippen LogP contribution in [0.15, 0.2) is 25.3 Å². The number of aliphatic carboxylic acids is 1. The van der Waals surface area contributed by atoms with Crippen LogP contribution < -0.4 is 0 Å². The van der Waals surface area contributed by atoms with Gasteiger partial charge in [0, 0.05) is 12.5 Å². The predicted octanol–water partition coefficient (Wildman–Crippen LogP) is 3.64. The summed E-state index contributed by atoms with van der Waals surface area (Å²) in [7, 11) is 1.45. The van der Waals surface area contributed by atoms with E-state index in [-0.39, 0.29) is 17.8 Å². The van der Waals surface area contributed by atoms with Gasteiger partial charge in [0.15, 0.2) is 0 Å². The van der Waals surface area contributed by atoms with Crippen molar-refractivity contribution in [3.63, 3.8) is 0 Å². The SMILES string of the molecule is C=C[C@H]1CCC[C@@H]1C(=O)OC.C=C[C@H]1CCN(C(=O)OC(C)(C)C)[C@@H]1C(=O)O. The van der Waals surface area contributed by atoms with Crippen molar-refractivity contribution in [3.8, 4) is 0 Å². The van der Waals surface area contributed by atoms with Crippen LogP contribution in [0.4, 0.5) is 4.79 Å². The first kappa shape index (κ1) is 23.7. The van der Waals surface area contributed by atoms with Gasteiger partial charge >= 0.3 is 18.0 Å². The number of carboxylic acid groups (broad SMARTS) is 1. The molecule has 1 amide bonds. The summed E-state index contributed by atoms with van der Waals surface area (Å²) in [4.78, 5) is 35.4. The first-order valence-electron chi connectivity index (χ1n) is 9.61. The Kier molecular flexibility index (Phi) is 8.72. The van der Waals surface area contributed by atoms with E-state index in [4.69, 9.17) is 9.84 Å². The van der Waals surface area contributed by atoms with Crippen LogP contribution in [0.1, 0.15) is 46.5 Å². The van der Waals surface area contributed by atoms with Crippen LogP contribution in [0, 0.1) is 17.8 Å². The van der Waals surface area contributed by atoms with Gasteiger partial charge in [-0.05, 0) is 46.0 Å². The Labute approximate surface area is 167 Å². The van der Waals surface area contributed by atoms with E-state index < -0.39 is 23.7 Å². The number of hydrogen-bond acceptors (Lipinski definition) is 5. The van der Waals surface area contributed by atoms with Gasteiger partial charge in [-0.15, -0.1) is 13.2 Å². The van der Waals surface area contributed by atoms with Crippen molar-refractivity contribution in [2.24, 2.45) is 17.8 Å². The second-order valence-electron chi connectivity index (χ2n) is 8.11. The molecule has 0 unspecified atom stereocenters. The lowest BCUT2D eigenvalue weighted by Gasteiger charge is -2.27. The first-order valence-corrected chi connectivity index (χ1v) is 9.61. The van der Waals surface area contributed by atoms with Gasteiger partial charge in [-0.2, -0.15) is 0 Å². The Balaban J connectivity index is 0.000000307. The number of carbonyl (C=O) groups excluding carboxylic acids is 2. The van der Waals surface area contributed by atoms with Crippen LogP contribution >= 0.6 is 0 Å². The van der Waals surface area contributed by atoms with Gasteiger partial charge in [-0.3, -0.25) is 9.69 Å². The predicted molar refractivity (Wildman–Crippen MR) is 106 cm³/mol. The average molecular weight is 395 g/mol. The molecule has 0 bridgehead atoms. The third kappa shape index (κ3) is 6.39. The summed E-state index contributed by atoms with van der Waals surface area (Å²) in [5, 5.41) is 9.14. The number of esters is 1. The van der Waals surface area contributed by atoms with E-state index in [0.29, 0.717) is 18.9 Å². The Bertz CT molecular complexity index is 594. The monoisotopic (exact) mass is 395 g/mol. The zero-order valence-corrected chi connectivity index (χ0v) is 17.3. The summed E-state index contributed by atoms with van der Waals surface area (Å²) < 4.78 is 9.86. The number of hydrogen-bond donors (Lipinski definition) is 1. The second-order valence-corrected chi connectivity index (χ2v) is 8.11. The standard InChI is InChI=1S/C12H19NO4.C9H14O2/c1-5-8-6-7-13(9(8)10(14)15)11(16)17-12(2,3)4;1-3-7-5-4-6-8(7)9(10)11-2/h5,8-9H,1,6-7H2,2-4H3,(H,14,15);3,7-8H,1,4-6H2,2H3/t8-,9-;7-,8-/m00/s1. The Morgan fingerprint density at radius 1 is 1.07 bits per heavy atom. The third-order valence-electron chi connectivity index (χ3n) is 5.00. The number of carbonyl (C=O) groups is 3. The summed E-state index contributed by atoms with van der Waals surface area (Å²) in [5.74, 6) is -0.870. The molecule has 1 saturated carbocycles. The lowest BCUT2D eigenvalue weighted by molar-refractivity contribution is -0.146. The van der Waals surface area contributed by atoms with Gasteiger partial charge in [0.05, 0.1) is 13.0 Å². The third-order valence-corrected chi connectivity index (χ3v) is 5.00. The smallest absolute Gasteiger partial charge is 0.411 e. The number of allylic oxidation sites excluding steroid dienone is 1. The summed E-state index contributed by atoms with van der Waals surface area (Å²) in [5.41, 5.74) is -0.619. The molecule has 0 aromatic heterocycles. The minimum atomic E-state index is -1.02. The molecule has 0 radical (unpaired) electrons. The lowest BCUT2D eigenvalue weighted by atomic mass is 9.97. The van der Waals surface area contributed by atoms with Crippen LogP contribution in [0.2, 0.25) is 0 Å². The molecule has 0 aromatic rings. The van der Waals surface area contributed by atoms with Crippen molar-refractivity contribution in [1.29, 1.82) is 0 Å². The van der Waals surface area contributed by atoms with E-state index in [1.165, 1.54) is 12.0 Å². The van der Waals surface area contributed by atoms with Crippen LogP contribution in [-0.2, 0) is 19.1 Å². The Morgan fingerprint density at radius 3 is 2.14 bits per heavy atom. The molecule has 158 valence electrons. The Morgan fingerprint density at radius 2 is 1.68 bits per heavy atom. The zero-order valence-electron chi connectivity index (χ0n) is 17.3. The number of likely N-dealkylation sites (tertiary alicyclic amines) is 1. The lowest BCUT2D eigenvalue weighted by Crippen LogP contribution is -2.45. The summed E-state index contributed by atoms with van der Waals surface area (Å²) >= 11 is 0. The molecule has 0 aromatic carbocycles. The number of carboxylic acids is 1. The van der Waals surface area contributed by atoms with Crippen molar-refractivity contribution in [1.82, 2.24) is 4.90 Å². The molecule has 7 nitrogen and oxygen atoms in total. The molecule has 1 saturated heterocycles. The van der Waals surface area contributed by atoms with E-state index in [2.05, 4.69) is 17.9 Å². The fourth-order valence-corrected chi connectivity index (χ4v) is 3.62. The minimum absolute atomic E-state index is 0.0765. The molecule has 4 atom stereocenters. The van der Waals surface area contributed by atoms with E-state index in [0.717, 1.165) is 19.3 Å². The quantitative estimate of drug-likeness (QED) is 0.577. The zero-order chi connectivity index (χ0) is 21.5. The molecular weight excluding hydrogens is 362 g/mol. The fraction of sp³-hybridized carbons (Fsp3) is 0.667. The van der Waals surface area contributed by atoms with Gasteiger partial charge in [0.25, 0.3) is 0 Å². The van der Waals surface area contributed by atoms with E-state index in [1.54, 1.807) is 26.8 Å². The first-order chi connectivity index (χ1) is 13.1. The molecule has 2 aliphatic rings. The van der Waals surface area contributed by atoms with Gasteiger partial charge in [-0.25, -0.2) is 9.59 Å². The van der Waals surface area contributed by atoms with Crippen LogP contribution in [0.25, 0.3) is 0 Å². The normalized spacial score (nSPS) is 26.6. The number of ether oxygens (including phenoxy) is 2. The highest BCUT2D eigenvalue weighted by Gasteiger charge is 2.42. The number of rotatable bonds is 4. The minimum Gasteiger partial charge on any atom is -0.480 e. The second kappa shape index (κ2) is 10.3. The van der Waals surface area contributed by atoms with Gasteiger partial charge in [0.1, 0.15) is 11.6 Å². The maximum absolute atomic E-state index is 11.8. The van der Waals surface area contributed by atoms with E-state index in [9.17, 15) is 14.4 Å². The molecule has 1 aliphatic carbocycles. The molecule has 28 heavy (non-hydrogen) atoms. The molecule has 2 fully saturated rings. The van der Waals surface area contributed by atoms with E-state index >= 15 is 0 Å². The van der Waals surface area contributed by atoms with Crippen molar-refractivity contribution >= 4 is 18.0 Å². The molecule has 1 heterocycles. The average Bonchev–Trinajstić information content (AvgIpc) is 3.26. The largest absolute Gasteiger partial charge is 0.480 e. The highest BCUT2D eigenvalue weighted by Crippen LogP contribution is 2.33. The van der Waals surface area contributed by atoms with Gasteiger partial charge in [-0.1, -0.05) is 18.6 Å². The van der Waals surface area contributed by atoms with Crippen LogP contribution in [-0.4, -0.2) is 53.3 Å². The van der Waals surface area contributed by atoms with Gasteiger partial charge < -0.3 is 14.6 Å². The molecule has 7 heteroatoms. The summed E-state index contributed by atoms with van der Waals surface area (Å²) in [6, 6.07) is -0.859. The van der Waals surface area contributed by atoms with Crippen LogP contribution in [0.3, 0.4) is 0 Å². The van der Waals surface area contributed by atoms with E-state index in [1.807, 2.05) is 6.08 Å². The fourth-order valence-electron chi connectivity index (χ4n) is 3.62. The maximum atomic E-state index is 11.8. The molecule has 2 rings (SSSR count). The van der Waals surface area contributed by atoms with Crippen molar-refractivity contribution in [3.05, 3.63) is 25.3 Å². The van der Waals surface area contributed by atoms with Gasteiger partial charge in [0.2, 0.25) is 0 Å². The topological polar surface area (TPSA) is 93.1 Å². The molecule has 1 N–H and O–H groups in total. The summed E-state index contributed by atoms with van der Waals surface area (Å²) in [6.07, 6.45) is 6.66. The highest BCUT2D eigenvalue weighted by molar-refractivity contribution is 5.81. The summed E-state index contributed by atoms with van der Waals surface area (Å²) in [6.45, 7) is 12.9. The molecule has 1 aliphatic heterocycles. The van der Waals surface area contributed by atoms with Crippen molar-refractivity contribution in [2.45, 2.75) is 58.1 Å². The molecule has 0 spiro atoms. The highest BCUT2D eigenvalue weighted by atomic mass is 16.6.